The first-order chi connectivity index (χ1) is 11.1. The molecule has 0 aliphatic carbocycles. The van der Waals surface area contributed by atoms with E-state index in [-0.39, 0.29) is 18.9 Å². The number of aromatic nitrogens is 1. The summed E-state index contributed by atoms with van der Waals surface area (Å²) in [6, 6.07) is 17.2. The lowest BCUT2D eigenvalue weighted by molar-refractivity contribution is -0.121. The smallest absolute Gasteiger partial charge is 0.224 e. The molecular weight excluding hydrogens is 288 g/mol. The Morgan fingerprint density at radius 2 is 1.83 bits per heavy atom. The van der Waals surface area contributed by atoms with Gasteiger partial charge in [0.05, 0.1) is 13.0 Å². The van der Waals surface area contributed by atoms with E-state index in [1.807, 2.05) is 60.8 Å². The minimum absolute atomic E-state index is 0.106. The maximum Gasteiger partial charge on any atom is 0.224 e. The Balaban J connectivity index is 1.64. The van der Waals surface area contributed by atoms with Gasteiger partial charge < -0.3 is 15.4 Å². The number of hydrogen-bond donors (Lipinski definition) is 3. The second-order valence-corrected chi connectivity index (χ2v) is 5.95. The topological polar surface area (TPSA) is 65.1 Å². The fourth-order valence-corrected chi connectivity index (χ4v) is 2.68. The van der Waals surface area contributed by atoms with Gasteiger partial charge in [-0.25, -0.2) is 0 Å². The average Bonchev–Trinajstić information content (AvgIpc) is 2.97. The monoisotopic (exact) mass is 308 g/mol. The lowest BCUT2D eigenvalue weighted by Crippen LogP contribution is -2.39. The summed E-state index contributed by atoms with van der Waals surface area (Å²) in [5.41, 5.74) is 1.67. The Labute approximate surface area is 135 Å². The molecule has 1 atom stereocenters. The van der Waals surface area contributed by atoms with Gasteiger partial charge in [0, 0.05) is 17.1 Å². The molecule has 0 aliphatic heterocycles. The molecule has 0 saturated carbocycles. The van der Waals surface area contributed by atoms with Crippen LogP contribution in [0.1, 0.15) is 18.1 Å². The predicted molar refractivity (Wildman–Crippen MR) is 91.0 cm³/mol. The Bertz CT molecular complexity index is 806. The van der Waals surface area contributed by atoms with Gasteiger partial charge in [-0.15, -0.1) is 0 Å². The fourth-order valence-electron chi connectivity index (χ4n) is 2.68. The maximum atomic E-state index is 12.2. The van der Waals surface area contributed by atoms with Crippen molar-refractivity contribution < 1.29 is 9.90 Å². The Kier molecular flexibility index (Phi) is 4.17. The summed E-state index contributed by atoms with van der Waals surface area (Å²) < 4.78 is 0. The molecule has 4 heteroatoms. The van der Waals surface area contributed by atoms with Crippen molar-refractivity contribution in [2.75, 3.05) is 6.54 Å². The molecule has 0 radical (unpaired) electrons. The molecule has 0 spiro atoms. The summed E-state index contributed by atoms with van der Waals surface area (Å²) in [6.45, 7) is 1.88. The number of benzene rings is 2. The van der Waals surface area contributed by atoms with Crippen LogP contribution in [0.2, 0.25) is 0 Å². The number of carbonyl (C=O) groups is 1. The average molecular weight is 308 g/mol. The van der Waals surface area contributed by atoms with E-state index in [1.165, 1.54) is 0 Å². The summed E-state index contributed by atoms with van der Waals surface area (Å²) in [6.07, 6.45) is 2.15. The molecule has 3 N–H and O–H groups in total. The fraction of sp³-hybridized carbons (Fsp3) is 0.211. The molecule has 0 fully saturated rings. The van der Waals surface area contributed by atoms with Gasteiger partial charge in [-0.1, -0.05) is 48.5 Å². The second kappa shape index (κ2) is 6.26. The van der Waals surface area contributed by atoms with Crippen molar-refractivity contribution in [3.63, 3.8) is 0 Å². The molecular formula is C19H20N2O2. The molecule has 2 aromatic carbocycles. The van der Waals surface area contributed by atoms with E-state index in [2.05, 4.69) is 10.3 Å². The van der Waals surface area contributed by atoms with Crippen LogP contribution in [0.4, 0.5) is 0 Å². The summed E-state index contributed by atoms with van der Waals surface area (Å²) >= 11 is 0. The number of rotatable bonds is 5. The number of H-pyrrole nitrogens is 1. The number of amides is 1. The number of aromatic amines is 1. The van der Waals surface area contributed by atoms with E-state index in [9.17, 15) is 9.90 Å². The number of carbonyl (C=O) groups excluding carboxylic acids is 1. The molecule has 1 unspecified atom stereocenters. The van der Waals surface area contributed by atoms with Crippen LogP contribution < -0.4 is 5.32 Å². The lowest BCUT2D eigenvalue weighted by atomic mass is 9.96. The maximum absolute atomic E-state index is 12.2. The van der Waals surface area contributed by atoms with Crippen LogP contribution in [0, 0.1) is 0 Å². The van der Waals surface area contributed by atoms with Gasteiger partial charge in [0.1, 0.15) is 5.60 Å². The van der Waals surface area contributed by atoms with Gasteiger partial charge in [0.2, 0.25) is 5.91 Å². The number of para-hydroxylation sites is 1. The van der Waals surface area contributed by atoms with Crippen LogP contribution in [0.5, 0.6) is 0 Å². The highest BCUT2D eigenvalue weighted by Crippen LogP contribution is 2.20. The van der Waals surface area contributed by atoms with Crippen molar-refractivity contribution in [2.24, 2.45) is 0 Å². The third-order valence-electron chi connectivity index (χ3n) is 4.05. The van der Waals surface area contributed by atoms with Crippen molar-refractivity contribution in [2.45, 2.75) is 18.9 Å². The van der Waals surface area contributed by atoms with E-state index in [1.54, 1.807) is 6.92 Å². The van der Waals surface area contributed by atoms with E-state index in [0.29, 0.717) is 0 Å². The molecule has 0 bridgehead atoms. The molecule has 1 heterocycles. The van der Waals surface area contributed by atoms with Gasteiger partial charge in [0.25, 0.3) is 0 Å². The zero-order valence-electron chi connectivity index (χ0n) is 13.0. The van der Waals surface area contributed by atoms with E-state index < -0.39 is 5.60 Å². The minimum Gasteiger partial charge on any atom is -0.384 e. The van der Waals surface area contributed by atoms with Crippen LogP contribution in [0.15, 0.2) is 60.8 Å². The number of fused-ring (bicyclic) bond motifs is 1. The minimum atomic E-state index is -1.09. The highest BCUT2D eigenvalue weighted by Gasteiger charge is 2.23. The molecule has 0 saturated heterocycles. The zero-order chi connectivity index (χ0) is 16.3. The normalized spacial score (nSPS) is 13.7. The summed E-state index contributed by atoms with van der Waals surface area (Å²) in [7, 11) is 0. The third kappa shape index (κ3) is 3.43. The van der Waals surface area contributed by atoms with Crippen LogP contribution in [-0.4, -0.2) is 22.5 Å². The first kappa shape index (κ1) is 15.3. The quantitative estimate of drug-likeness (QED) is 0.678. The zero-order valence-corrected chi connectivity index (χ0v) is 13.0. The van der Waals surface area contributed by atoms with Crippen molar-refractivity contribution >= 4 is 16.8 Å². The molecule has 4 nitrogen and oxygen atoms in total. The molecule has 1 aromatic heterocycles. The van der Waals surface area contributed by atoms with Crippen LogP contribution in [0.25, 0.3) is 10.9 Å². The SMILES string of the molecule is CC(O)(CNC(=O)Cc1c[nH]c2ccccc12)c1ccccc1. The largest absolute Gasteiger partial charge is 0.384 e. The molecule has 23 heavy (non-hydrogen) atoms. The summed E-state index contributed by atoms with van der Waals surface area (Å²) in [5.74, 6) is -0.106. The first-order valence-corrected chi connectivity index (χ1v) is 7.66. The van der Waals surface area contributed by atoms with Gasteiger partial charge >= 0.3 is 0 Å². The summed E-state index contributed by atoms with van der Waals surface area (Å²) in [5, 5.41) is 14.4. The first-order valence-electron chi connectivity index (χ1n) is 7.66. The van der Waals surface area contributed by atoms with Gasteiger partial charge in [-0.05, 0) is 24.1 Å². The number of hydrogen-bond acceptors (Lipinski definition) is 2. The van der Waals surface area contributed by atoms with Crippen molar-refractivity contribution in [1.82, 2.24) is 10.3 Å². The number of nitrogens with one attached hydrogen (secondary N) is 2. The third-order valence-corrected chi connectivity index (χ3v) is 4.05. The van der Waals surface area contributed by atoms with Gasteiger partial charge in [-0.3, -0.25) is 4.79 Å². The van der Waals surface area contributed by atoms with Crippen molar-refractivity contribution in [1.29, 1.82) is 0 Å². The lowest BCUT2D eigenvalue weighted by Gasteiger charge is -2.24. The Hall–Kier alpha value is -2.59. The van der Waals surface area contributed by atoms with E-state index in [0.717, 1.165) is 22.0 Å². The Morgan fingerprint density at radius 1 is 1.13 bits per heavy atom. The van der Waals surface area contributed by atoms with Crippen LogP contribution in [-0.2, 0) is 16.8 Å². The molecule has 118 valence electrons. The highest BCUT2D eigenvalue weighted by atomic mass is 16.3. The predicted octanol–water partition coefficient (Wildman–Crippen LogP) is 2.73. The van der Waals surface area contributed by atoms with Gasteiger partial charge in [-0.2, -0.15) is 0 Å². The van der Waals surface area contributed by atoms with Crippen LogP contribution >= 0.6 is 0 Å². The second-order valence-electron chi connectivity index (χ2n) is 5.95. The van der Waals surface area contributed by atoms with Crippen molar-refractivity contribution in [3.05, 3.63) is 71.9 Å². The van der Waals surface area contributed by atoms with Crippen LogP contribution in [0.3, 0.4) is 0 Å². The molecule has 3 rings (SSSR count). The van der Waals surface area contributed by atoms with E-state index in [4.69, 9.17) is 0 Å². The Morgan fingerprint density at radius 3 is 2.61 bits per heavy atom. The molecule has 1 amide bonds. The number of aliphatic hydroxyl groups is 1. The standard InChI is InChI=1S/C19H20N2O2/c1-19(23,15-7-3-2-4-8-15)13-21-18(22)11-14-12-20-17-10-6-5-9-16(14)17/h2-10,12,20,23H,11,13H2,1H3,(H,21,22). The molecule has 3 aromatic rings. The highest BCUT2D eigenvalue weighted by molar-refractivity contribution is 5.88. The van der Waals surface area contributed by atoms with Gasteiger partial charge in [0.15, 0.2) is 0 Å². The summed E-state index contributed by atoms with van der Waals surface area (Å²) in [4.78, 5) is 15.4. The van der Waals surface area contributed by atoms with Crippen molar-refractivity contribution in [3.8, 4) is 0 Å². The van der Waals surface area contributed by atoms with E-state index >= 15 is 0 Å². The molecule has 0 aliphatic rings.